The number of aliphatic hydroxyl groups is 1. The Morgan fingerprint density at radius 2 is 1.75 bits per heavy atom. The molecular weight excluding hydrogens is 503 g/mol. The Kier molecular flexibility index (Phi) is 6.44. The minimum atomic E-state index is -4.21. The molecule has 0 amide bonds. The highest BCUT2D eigenvalue weighted by molar-refractivity contribution is 7.90. The van der Waals surface area contributed by atoms with E-state index < -0.39 is 32.1 Å². The van der Waals surface area contributed by atoms with Crippen LogP contribution in [-0.2, 0) is 32.1 Å². The van der Waals surface area contributed by atoms with Crippen molar-refractivity contribution in [3.05, 3.63) is 95.6 Å². The van der Waals surface area contributed by atoms with E-state index in [1.54, 1.807) is 42.5 Å². The van der Waals surface area contributed by atoms with Crippen LogP contribution in [0.5, 0.6) is 0 Å². The average Bonchev–Trinajstić information content (AvgIpc) is 3.22. The average molecular weight is 529 g/mol. The second-order valence-electron chi connectivity index (χ2n) is 9.23. The second-order valence-corrected chi connectivity index (χ2v) is 12.0. The third kappa shape index (κ3) is 4.44. The summed E-state index contributed by atoms with van der Waals surface area (Å²) in [6.45, 7) is 0. The van der Waals surface area contributed by atoms with E-state index in [1.165, 1.54) is 24.3 Å². The number of pyridine rings is 1. The first-order valence-electron chi connectivity index (χ1n) is 11.6. The van der Waals surface area contributed by atoms with Crippen LogP contribution in [0.25, 0.3) is 11.0 Å². The van der Waals surface area contributed by atoms with Gasteiger partial charge in [-0.05, 0) is 47.7 Å². The first-order chi connectivity index (χ1) is 17.2. The van der Waals surface area contributed by atoms with Crippen LogP contribution < -0.4 is 0 Å². The monoisotopic (exact) mass is 528 g/mol. The van der Waals surface area contributed by atoms with Gasteiger partial charge < -0.3 is 5.11 Å². The lowest BCUT2D eigenvalue weighted by Crippen LogP contribution is -2.36. The van der Waals surface area contributed by atoms with Crippen molar-refractivity contribution in [2.24, 2.45) is 5.92 Å². The van der Waals surface area contributed by atoms with Gasteiger partial charge in [0.15, 0.2) is 5.65 Å². The fraction of sp³-hybridized carbons (Fsp3) is 0.269. The van der Waals surface area contributed by atoms with Gasteiger partial charge in [0.2, 0.25) is 0 Å². The standard InChI is InChI=1S/C26H25FN2O5S2/c27-22-13-20-14-24(29(25(20)28-16-22)36(33,34)23-7-2-1-3-8-23)26(30,15-18-5-4-6-18)21-11-9-19(10-12-21)17-35(31)32/h1-3,7-14,16,18,30,35H,4-6,15,17H2. The van der Waals surface area contributed by atoms with E-state index in [2.05, 4.69) is 4.98 Å². The number of rotatable bonds is 8. The maximum atomic E-state index is 14.1. The number of benzene rings is 2. The molecular formula is C26H25FN2O5S2. The van der Waals surface area contributed by atoms with Gasteiger partial charge in [0.1, 0.15) is 22.1 Å². The molecule has 0 spiro atoms. The molecule has 4 aromatic rings. The van der Waals surface area contributed by atoms with Crippen LogP contribution in [0.1, 0.15) is 42.5 Å². The van der Waals surface area contributed by atoms with Crippen LogP contribution in [0.2, 0.25) is 0 Å². The summed E-state index contributed by atoms with van der Waals surface area (Å²) in [5.41, 5.74) is -0.687. The maximum Gasteiger partial charge on any atom is 0.269 e. The Morgan fingerprint density at radius 3 is 2.36 bits per heavy atom. The molecule has 36 heavy (non-hydrogen) atoms. The Bertz CT molecular complexity index is 1590. The number of hydrogen-bond donors (Lipinski definition) is 2. The number of thiol groups is 1. The van der Waals surface area contributed by atoms with Crippen molar-refractivity contribution in [3.63, 3.8) is 0 Å². The summed E-state index contributed by atoms with van der Waals surface area (Å²) in [5.74, 6) is -0.592. The summed E-state index contributed by atoms with van der Waals surface area (Å²) in [6.07, 6.45) is 4.03. The van der Waals surface area contributed by atoms with Gasteiger partial charge >= 0.3 is 0 Å². The van der Waals surface area contributed by atoms with Crippen molar-refractivity contribution < 1.29 is 26.3 Å². The van der Waals surface area contributed by atoms with Crippen LogP contribution in [0.3, 0.4) is 0 Å². The summed E-state index contributed by atoms with van der Waals surface area (Å²) in [6, 6.07) is 17.0. The van der Waals surface area contributed by atoms with Crippen molar-refractivity contribution in [2.45, 2.75) is 41.9 Å². The molecule has 2 aromatic heterocycles. The number of halogens is 1. The van der Waals surface area contributed by atoms with E-state index in [1.807, 2.05) is 0 Å². The summed E-state index contributed by atoms with van der Waals surface area (Å²) in [4.78, 5) is 4.10. The first-order valence-corrected chi connectivity index (χ1v) is 14.4. The number of nitrogens with zero attached hydrogens (tertiary/aromatic N) is 2. The van der Waals surface area contributed by atoms with Crippen molar-refractivity contribution in [1.29, 1.82) is 0 Å². The SMILES string of the molecule is O=[SH](=O)Cc1ccc(C(O)(CC2CCC2)c2cc3cc(F)cnc3n2S(=O)(=O)c2ccccc2)cc1. The molecule has 1 aliphatic carbocycles. The van der Waals surface area contributed by atoms with Gasteiger partial charge in [-0.2, -0.15) is 0 Å². The molecule has 1 atom stereocenters. The molecule has 7 nitrogen and oxygen atoms in total. The van der Waals surface area contributed by atoms with Crippen molar-refractivity contribution >= 4 is 31.8 Å². The summed E-state index contributed by atoms with van der Waals surface area (Å²) < 4.78 is 65.2. The molecule has 1 unspecified atom stereocenters. The molecule has 0 bridgehead atoms. The van der Waals surface area contributed by atoms with Gasteiger partial charge in [-0.3, -0.25) is 0 Å². The highest BCUT2D eigenvalue weighted by atomic mass is 32.2. The molecule has 2 aromatic carbocycles. The number of fused-ring (bicyclic) bond motifs is 1. The molecule has 188 valence electrons. The minimum Gasteiger partial charge on any atom is -0.379 e. The highest BCUT2D eigenvalue weighted by Crippen LogP contribution is 2.44. The molecule has 5 rings (SSSR count). The van der Waals surface area contributed by atoms with Gasteiger partial charge in [-0.25, -0.2) is 30.2 Å². The predicted molar refractivity (Wildman–Crippen MR) is 134 cm³/mol. The maximum absolute atomic E-state index is 14.1. The van der Waals surface area contributed by atoms with E-state index >= 15 is 0 Å². The Labute approximate surface area is 210 Å². The molecule has 1 saturated carbocycles. The van der Waals surface area contributed by atoms with E-state index in [-0.39, 0.29) is 39.7 Å². The molecule has 0 aliphatic heterocycles. The molecule has 1 aliphatic rings. The third-order valence-corrected chi connectivity index (χ3v) is 9.16. The predicted octanol–water partition coefficient (Wildman–Crippen LogP) is 3.95. The fourth-order valence-corrected chi connectivity index (χ4v) is 6.86. The lowest BCUT2D eigenvalue weighted by molar-refractivity contribution is 0.0324. The molecule has 0 saturated heterocycles. The van der Waals surface area contributed by atoms with Gasteiger partial charge in [-0.15, -0.1) is 0 Å². The van der Waals surface area contributed by atoms with E-state index in [0.29, 0.717) is 11.1 Å². The Balaban J connectivity index is 1.76. The van der Waals surface area contributed by atoms with Crippen LogP contribution in [0, 0.1) is 11.7 Å². The minimum absolute atomic E-state index is 0.00969. The van der Waals surface area contributed by atoms with E-state index in [0.717, 1.165) is 29.4 Å². The van der Waals surface area contributed by atoms with Crippen LogP contribution in [0.4, 0.5) is 4.39 Å². The largest absolute Gasteiger partial charge is 0.379 e. The van der Waals surface area contributed by atoms with Gasteiger partial charge in [0.25, 0.3) is 10.0 Å². The van der Waals surface area contributed by atoms with Crippen molar-refractivity contribution in [1.82, 2.24) is 8.96 Å². The molecule has 2 heterocycles. The molecule has 10 heteroatoms. The lowest BCUT2D eigenvalue weighted by atomic mass is 9.74. The van der Waals surface area contributed by atoms with Crippen LogP contribution >= 0.6 is 0 Å². The van der Waals surface area contributed by atoms with Gasteiger partial charge in [-0.1, -0.05) is 61.7 Å². The van der Waals surface area contributed by atoms with Gasteiger partial charge in [0.05, 0.1) is 22.5 Å². The summed E-state index contributed by atoms with van der Waals surface area (Å²) in [5, 5.41) is 12.5. The normalized spacial score (nSPS) is 16.2. The Morgan fingerprint density at radius 1 is 1.06 bits per heavy atom. The zero-order valence-electron chi connectivity index (χ0n) is 19.2. The first kappa shape index (κ1) is 24.6. The van der Waals surface area contributed by atoms with E-state index in [4.69, 9.17) is 0 Å². The van der Waals surface area contributed by atoms with Crippen molar-refractivity contribution in [3.8, 4) is 0 Å². The molecule has 1 fully saturated rings. The highest BCUT2D eigenvalue weighted by Gasteiger charge is 2.42. The molecule has 0 radical (unpaired) electrons. The Hall–Kier alpha value is -3.08. The fourth-order valence-electron chi connectivity index (χ4n) is 4.79. The lowest BCUT2D eigenvalue weighted by Gasteiger charge is -2.37. The zero-order chi connectivity index (χ0) is 25.5. The van der Waals surface area contributed by atoms with Crippen LogP contribution in [-0.4, -0.2) is 30.9 Å². The quantitative estimate of drug-likeness (QED) is 0.336. The summed E-state index contributed by atoms with van der Waals surface area (Å²) >= 11 is 0. The van der Waals surface area contributed by atoms with Gasteiger partial charge in [0, 0.05) is 5.39 Å². The van der Waals surface area contributed by atoms with Crippen molar-refractivity contribution in [2.75, 3.05) is 0 Å². The third-order valence-electron chi connectivity index (χ3n) is 6.82. The zero-order valence-corrected chi connectivity index (χ0v) is 21.0. The summed E-state index contributed by atoms with van der Waals surface area (Å²) in [7, 11) is -6.83. The van der Waals surface area contributed by atoms with E-state index in [9.17, 15) is 26.3 Å². The number of hydrogen-bond acceptors (Lipinski definition) is 6. The topological polar surface area (TPSA) is 106 Å². The second kappa shape index (κ2) is 9.42. The van der Waals surface area contributed by atoms with Crippen LogP contribution in [0.15, 0.2) is 77.8 Å². The molecule has 1 N–H and O–H groups in total. The number of aromatic nitrogens is 2. The smallest absolute Gasteiger partial charge is 0.269 e.